The normalized spacial score (nSPS) is 22.9. The quantitative estimate of drug-likeness (QED) is 0.434. The molecule has 2 heterocycles. The summed E-state index contributed by atoms with van der Waals surface area (Å²) in [6.07, 6.45) is 1.08. The van der Waals surface area contributed by atoms with E-state index in [1.807, 2.05) is 4.90 Å². The van der Waals surface area contributed by atoms with Crippen molar-refractivity contribution < 1.29 is 24.5 Å². The summed E-state index contributed by atoms with van der Waals surface area (Å²) >= 11 is 0. The Hall–Kier alpha value is -3.69. The first-order valence-corrected chi connectivity index (χ1v) is 10.2. The van der Waals surface area contributed by atoms with E-state index in [1.165, 1.54) is 0 Å². The smallest absolute Gasteiger partial charge is 0.335 e. The van der Waals surface area contributed by atoms with Crippen molar-refractivity contribution in [2.75, 3.05) is 19.8 Å². The van der Waals surface area contributed by atoms with Crippen molar-refractivity contribution in [1.82, 2.24) is 4.90 Å². The van der Waals surface area contributed by atoms with Gasteiger partial charge in [-0.05, 0) is 35.9 Å². The van der Waals surface area contributed by atoms with Crippen LogP contribution in [0, 0.1) is 0 Å². The number of para-hydroxylation sites is 1. The maximum absolute atomic E-state index is 11.2. The summed E-state index contributed by atoms with van der Waals surface area (Å²) in [4.78, 5) is 13.2. The highest BCUT2D eigenvalue weighted by Gasteiger charge is 2.42. The summed E-state index contributed by atoms with van der Waals surface area (Å²) in [6.45, 7) is 1.27. The van der Waals surface area contributed by atoms with Gasteiger partial charge in [0.25, 0.3) is 0 Å². The Morgan fingerprint density at radius 1 is 1.06 bits per heavy atom. The molecule has 0 bridgehead atoms. The topological polar surface area (TPSA) is 157 Å². The van der Waals surface area contributed by atoms with Crippen molar-refractivity contribution in [1.29, 1.82) is 0 Å². The Kier molecular flexibility index (Phi) is 5.93. The SMILES string of the molecule is NC(N)=C(/C=C(\N)c1ccccc1O)N1CC(c2ccc(C(=O)O)cc2)OC2COCC21. The Balaban J connectivity index is 1.67. The van der Waals surface area contributed by atoms with Gasteiger partial charge >= 0.3 is 5.97 Å². The molecule has 0 spiro atoms. The number of aromatic hydroxyl groups is 1. The average molecular weight is 438 g/mol. The number of fused-ring (bicyclic) bond motifs is 1. The summed E-state index contributed by atoms with van der Waals surface area (Å²) in [7, 11) is 0. The molecule has 168 valence electrons. The fraction of sp³-hybridized carbons (Fsp3) is 0.261. The van der Waals surface area contributed by atoms with Crippen LogP contribution >= 0.6 is 0 Å². The molecule has 9 heteroatoms. The van der Waals surface area contributed by atoms with Crippen molar-refractivity contribution in [3.05, 3.63) is 82.8 Å². The number of morpholine rings is 1. The molecule has 2 saturated heterocycles. The van der Waals surface area contributed by atoms with Crippen LogP contribution in [0.4, 0.5) is 0 Å². The minimum absolute atomic E-state index is 0.0524. The number of nitrogens with zero attached hydrogens (tertiary/aromatic N) is 1. The predicted octanol–water partition coefficient (Wildman–Crippen LogP) is 1.32. The molecule has 2 aromatic carbocycles. The van der Waals surface area contributed by atoms with Gasteiger partial charge in [-0.15, -0.1) is 0 Å². The largest absolute Gasteiger partial charge is 0.507 e. The van der Waals surface area contributed by atoms with E-state index in [9.17, 15) is 9.90 Å². The van der Waals surface area contributed by atoms with Crippen LogP contribution in [-0.2, 0) is 9.47 Å². The van der Waals surface area contributed by atoms with Gasteiger partial charge in [0.15, 0.2) is 0 Å². The third kappa shape index (κ3) is 4.20. The number of phenols is 1. The first-order chi connectivity index (χ1) is 15.3. The van der Waals surface area contributed by atoms with Crippen LogP contribution in [0.1, 0.15) is 27.6 Å². The molecule has 2 aliphatic heterocycles. The fourth-order valence-electron chi connectivity index (χ4n) is 4.09. The van der Waals surface area contributed by atoms with Gasteiger partial charge in [0, 0.05) is 17.8 Å². The molecule has 2 aromatic rings. The van der Waals surface area contributed by atoms with Gasteiger partial charge in [0.05, 0.1) is 30.5 Å². The molecule has 0 aliphatic carbocycles. The number of rotatable bonds is 5. The minimum Gasteiger partial charge on any atom is -0.507 e. The summed E-state index contributed by atoms with van der Waals surface area (Å²) in [5.41, 5.74) is 20.7. The number of hydrogen-bond donors (Lipinski definition) is 5. The maximum atomic E-state index is 11.2. The molecule has 2 aliphatic rings. The van der Waals surface area contributed by atoms with Crippen LogP contribution in [0.3, 0.4) is 0 Å². The molecule has 8 N–H and O–H groups in total. The summed E-state index contributed by atoms with van der Waals surface area (Å²) in [6, 6.07) is 13.2. The van der Waals surface area contributed by atoms with E-state index in [1.54, 1.807) is 54.6 Å². The van der Waals surface area contributed by atoms with Crippen molar-refractivity contribution in [2.45, 2.75) is 18.2 Å². The second-order valence-electron chi connectivity index (χ2n) is 7.80. The molecule has 3 unspecified atom stereocenters. The third-order valence-corrected chi connectivity index (χ3v) is 5.74. The highest BCUT2D eigenvalue weighted by molar-refractivity contribution is 5.87. The number of benzene rings is 2. The van der Waals surface area contributed by atoms with Crippen LogP contribution in [0.25, 0.3) is 5.70 Å². The number of ether oxygens (including phenoxy) is 2. The summed E-state index contributed by atoms with van der Waals surface area (Å²) in [5.74, 6) is -0.856. The van der Waals surface area contributed by atoms with E-state index in [0.717, 1.165) is 5.56 Å². The molecule has 4 rings (SSSR count). The van der Waals surface area contributed by atoms with Gasteiger partial charge in [0.2, 0.25) is 0 Å². The van der Waals surface area contributed by atoms with Gasteiger partial charge in [-0.3, -0.25) is 0 Å². The van der Waals surface area contributed by atoms with E-state index in [2.05, 4.69) is 0 Å². The lowest BCUT2D eigenvalue weighted by atomic mass is 10.0. The van der Waals surface area contributed by atoms with Gasteiger partial charge in [0.1, 0.15) is 23.8 Å². The highest BCUT2D eigenvalue weighted by Crippen LogP contribution is 2.35. The Morgan fingerprint density at radius 2 is 1.78 bits per heavy atom. The molecule has 0 amide bonds. The summed E-state index contributed by atoms with van der Waals surface area (Å²) in [5, 5.41) is 19.3. The van der Waals surface area contributed by atoms with Crippen molar-refractivity contribution >= 4 is 11.7 Å². The maximum Gasteiger partial charge on any atom is 0.335 e. The lowest BCUT2D eigenvalue weighted by Crippen LogP contribution is -2.51. The standard InChI is InChI=1S/C23H26N4O5/c24-16(15-3-1-2-4-19(15)28)9-17(22(25)26)27-10-20(32-21-12-31-11-18(21)27)13-5-7-14(8-6-13)23(29)30/h1-9,18,20-21,28H,10-12,24-26H2,(H,29,30)/b16-9-. The zero-order valence-corrected chi connectivity index (χ0v) is 17.3. The molecule has 2 fully saturated rings. The first-order valence-electron chi connectivity index (χ1n) is 10.2. The van der Waals surface area contributed by atoms with Crippen molar-refractivity contribution in [2.24, 2.45) is 17.2 Å². The molecule has 9 nitrogen and oxygen atoms in total. The van der Waals surface area contributed by atoms with E-state index in [-0.39, 0.29) is 35.4 Å². The van der Waals surface area contributed by atoms with Gasteiger partial charge in [-0.25, -0.2) is 4.79 Å². The molecule has 0 radical (unpaired) electrons. The highest BCUT2D eigenvalue weighted by atomic mass is 16.6. The lowest BCUT2D eigenvalue weighted by Gasteiger charge is -2.43. The van der Waals surface area contributed by atoms with E-state index in [4.69, 9.17) is 31.8 Å². The second-order valence-corrected chi connectivity index (χ2v) is 7.80. The van der Waals surface area contributed by atoms with Crippen LogP contribution in [0.15, 0.2) is 66.1 Å². The number of nitrogens with two attached hydrogens (primary N) is 3. The zero-order valence-electron chi connectivity index (χ0n) is 17.3. The summed E-state index contributed by atoms with van der Waals surface area (Å²) < 4.78 is 11.9. The Morgan fingerprint density at radius 3 is 2.44 bits per heavy atom. The number of allylic oxidation sites excluding steroid dienone is 1. The van der Waals surface area contributed by atoms with Crippen molar-refractivity contribution in [3.8, 4) is 5.75 Å². The Labute approximate surface area is 185 Å². The molecule has 3 atom stereocenters. The van der Waals surface area contributed by atoms with E-state index in [0.29, 0.717) is 36.7 Å². The van der Waals surface area contributed by atoms with E-state index < -0.39 is 5.97 Å². The number of carboxylic acid groups (broad SMARTS) is 1. The molecular formula is C23H26N4O5. The number of aromatic carboxylic acids is 1. The van der Waals surface area contributed by atoms with E-state index >= 15 is 0 Å². The Bertz CT molecular complexity index is 1060. The van der Waals surface area contributed by atoms with Crippen LogP contribution in [-0.4, -0.2) is 53.0 Å². The van der Waals surface area contributed by atoms with Gasteiger partial charge in [-0.1, -0.05) is 24.3 Å². The van der Waals surface area contributed by atoms with Crippen molar-refractivity contribution in [3.63, 3.8) is 0 Å². The molecular weight excluding hydrogens is 412 g/mol. The number of phenolic OH excluding ortho intramolecular Hbond substituents is 1. The minimum atomic E-state index is -0.988. The molecule has 0 saturated carbocycles. The second kappa shape index (κ2) is 8.81. The van der Waals surface area contributed by atoms with Gasteiger partial charge < -0.3 is 41.8 Å². The monoisotopic (exact) mass is 438 g/mol. The number of hydrogen-bond acceptors (Lipinski definition) is 8. The molecule has 0 aromatic heterocycles. The number of carboxylic acids is 1. The van der Waals surface area contributed by atoms with Crippen LogP contribution in [0.5, 0.6) is 5.75 Å². The zero-order chi connectivity index (χ0) is 22.8. The lowest BCUT2D eigenvalue weighted by molar-refractivity contribution is -0.0921. The number of carbonyl (C=O) groups is 1. The van der Waals surface area contributed by atoms with Gasteiger partial charge in [-0.2, -0.15) is 0 Å². The third-order valence-electron chi connectivity index (χ3n) is 5.74. The van der Waals surface area contributed by atoms with Crippen LogP contribution in [0.2, 0.25) is 0 Å². The molecule has 32 heavy (non-hydrogen) atoms. The van der Waals surface area contributed by atoms with Crippen LogP contribution < -0.4 is 17.2 Å². The average Bonchev–Trinajstić information content (AvgIpc) is 3.26. The first kappa shape index (κ1) is 21.5. The fourth-order valence-corrected chi connectivity index (χ4v) is 4.09. The predicted molar refractivity (Wildman–Crippen MR) is 118 cm³/mol.